The van der Waals surface area contributed by atoms with Gasteiger partial charge in [-0.25, -0.2) is 5.06 Å². The van der Waals surface area contributed by atoms with E-state index in [1.807, 2.05) is 30.3 Å². The molecule has 1 amide bonds. The topological polar surface area (TPSA) is 75.8 Å². The SMILES string of the molecule is CC(C)SCC[C@H](N)C(O)C(=O)N(C)OCc1ccccc1. The Hall–Kier alpha value is -1.08. The fraction of sp³-hybridized carbons (Fsp3) is 0.562. The van der Waals surface area contributed by atoms with Crippen LogP contribution in [0.2, 0.25) is 0 Å². The summed E-state index contributed by atoms with van der Waals surface area (Å²) in [5, 5.41) is 11.6. The van der Waals surface area contributed by atoms with Gasteiger partial charge in [-0.15, -0.1) is 0 Å². The van der Waals surface area contributed by atoms with Crippen molar-refractivity contribution in [3.63, 3.8) is 0 Å². The summed E-state index contributed by atoms with van der Waals surface area (Å²) in [6.07, 6.45) is -0.657. The summed E-state index contributed by atoms with van der Waals surface area (Å²) in [5.41, 5.74) is 6.84. The van der Waals surface area contributed by atoms with E-state index in [2.05, 4.69) is 13.8 Å². The number of hydroxylamine groups is 2. The van der Waals surface area contributed by atoms with Gasteiger partial charge in [0.1, 0.15) is 12.7 Å². The molecule has 6 heteroatoms. The lowest BCUT2D eigenvalue weighted by Crippen LogP contribution is -2.47. The van der Waals surface area contributed by atoms with Gasteiger partial charge in [-0.2, -0.15) is 11.8 Å². The maximum Gasteiger partial charge on any atom is 0.276 e. The number of aliphatic hydroxyl groups is 1. The Morgan fingerprint density at radius 3 is 2.59 bits per heavy atom. The largest absolute Gasteiger partial charge is 0.382 e. The molecule has 0 aliphatic carbocycles. The molecule has 2 atom stereocenters. The van der Waals surface area contributed by atoms with Crippen LogP contribution in [0.25, 0.3) is 0 Å². The number of carbonyl (C=O) groups excluding carboxylic acids is 1. The zero-order valence-electron chi connectivity index (χ0n) is 13.4. The Bertz CT molecular complexity index is 442. The molecule has 0 radical (unpaired) electrons. The predicted molar refractivity (Wildman–Crippen MR) is 90.2 cm³/mol. The van der Waals surface area contributed by atoms with Crippen LogP contribution in [0.4, 0.5) is 0 Å². The van der Waals surface area contributed by atoms with E-state index in [4.69, 9.17) is 10.6 Å². The van der Waals surface area contributed by atoms with E-state index in [1.54, 1.807) is 11.8 Å². The number of carbonyl (C=O) groups is 1. The number of aliphatic hydroxyl groups excluding tert-OH is 1. The molecule has 1 aromatic carbocycles. The normalized spacial score (nSPS) is 13.9. The molecule has 0 aromatic heterocycles. The van der Waals surface area contributed by atoms with Gasteiger partial charge in [-0.05, 0) is 23.0 Å². The quantitative estimate of drug-likeness (QED) is 0.677. The van der Waals surface area contributed by atoms with Crippen molar-refractivity contribution >= 4 is 17.7 Å². The summed E-state index contributed by atoms with van der Waals surface area (Å²) in [6, 6.07) is 8.94. The Morgan fingerprint density at radius 2 is 2.00 bits per heavy atom. The molecule has 1 rings (SSSR count). The minimum atomic E-state index is -1.24. The van der Waals surface area contributed by atoms with Gasteiger partial charge in [0.2, 0.25) is 0 Å². The van der Waals surface area contributed by atoms with Crippen molar-refractivity contribution in [2.75, 3.05) is 12.8 Å². The molecule has 5 nitrogen and oxygen atoms in total. The first-order valence-electron chi connectivity index (χ1n) is 7.41. The van der Waals surface area contributed by atoms with Crippen molar-refractivity contribution in [2.45, 2.75) is 44.3 Å². The predicted octanol–water partition coefficient (Wildman–Crippen LogP) is 1.80. The van der Waals surface area contributed by atoms with Gasteiger partial charge in [0, 0.05) is 13.1 Å². The van der Waals surface area contributed by atoms with E-state index in [1.165, 1.54) is 7.05 Å². The van der Waals surface area contributed by atoms with Crippen LogP contribution in [0.5, 0.6) is 0 Å². The van der Waals surface area contributed by atoms with Crippen LogP contribution in [0.1, 0.15) is 25.8 Å². The van der Waals surface area contributed by atoms with Gasteiger partial charge in [-0.1, -0.05) is 44.2 Å². The van der Waals surface area contributed by atoms with Crippen molar-refractivity contribution in [1.82, 2.24) is 5.06 Å². The molecule has 0 aliphatic rings. The van der Waals surface area contributed by atoms with Crippen molar-refractivity contribution in [3.05, 3.63) is 35.9 Å². The zero-order valence-corrected chi connectivity index (χ0v) is 14.3. The third-order valence-corrected chi connectivity index (χ3v) is 4.28. The third-order valence-electron chi connectivity index (χ3n) is 3.14. The number of hydrogen-bond acceptors (Lipinski definition) is 5. The van der Waals surface area contributed by atoms with E-state index >= 15 is 0 Å². The molecule has 0 fully saturated rings. The van der Waals surface area contributed by atoms with Crippen molar-refractivity contribution in [3.8, 4) is 0 Å². The minimum Gasteiger partial charge on any atom is -0.382 e. The Morgan fingerprint density at radius 1 is 1.36 bits per heavy atom. The highest BCUT2D eigenvalue weighted by atomic mass is 32.2. The average molecular weight is 326 g/mol. The molecule has 0 aliphatic heterocycles. The first-order chi connectivity index (χ1) is 10.4. The molecule has 0 saturated heterocycles. The van der Waals surface area contributed by atoms with Crippen molar-refractivity contribution < 1.29 is 14.7 Å². The summed E-state index contributed by atoms with van der Waals surface area (Å²) in [6.45, 7) is 4.47. The van der Waals surface area contributed by atoms with Crippen LogP contribution in [-0.2, 0) is 16.2 Å². The fourth-order valence-corrected chi connectivity index (χ4v) is 2.66. The molecule has 0 heterocycles. The number of nitrogens with two attached hydrogens (primary N) is 1. The van der Waals surface area contributed by atoms with Crippen LogP contribution in [-0.4, -0.2) is 46.3 Å². The van der Waals surface area contributed by atoms with Gasteiger partial charge in [0.25, 0.3) is 5.91 Å². The summed E-state index contributed by atoms with van der Waals surface area (Å²) >= 11 is 1.76. The van der Waals surface area contributed by atoms with E-state index < -0.39 is 18.1 Å². The zero-order chi connectivity index (χ0) is 16.5. The first kappa shape index (κ1) is 19.0. The van der Waals surface area contributed by atoms with Gasteiger partial charge in [-0.3, -0.25) is 9.63 Å². The van der Waals surface area contributed by atoms with Gasteiger partial charge >= 0.3 is 0 Å². The number of amides is 1. The lowest BCUT2D eigenvalue weighted by atomic mass is 10.1. The second kappa shape index (κ2) is 9.84. The lowest BCUT2D eigenvalue weighted by Gasteiger charge is -2.23. The number of likely N-dealkylation sites (N-methyl/N-ethyl adjacent to an activating group) is 1. The van der Waals surface area contributed by atoms with Crippen molar-refractivity contribution in [1.29, 1.82) is 0 Å². The molecule has 22 heavy (non-hydrogen) atoms. The van der Waals surface area contributed by atoms with Gasteiger partial charge in [0.05, 0.1) is 0 Å². The Balaban J connectivity index is 2.37. The maximum absolute atomic E-state index is 12.1. The van der Waals surface area contributed by atoms with Crippen LogP contribution in [0.15, 0.2) is 30.3 Å². The van der Waals surface area contributed by atoms with Crippen LogP contribution in [0.3, 0.4) is 0 Å². The maximum atomic E-state index is 12.1. The standard InChI is InChI=1S/C16H26N2O3S/c1-12(2)22-10-9-14(17)15(19)16(20)18(3)21-11-13-7-5-4-6-8-13/h4-8,12,14-15,19H,9-11,17H2,1-3H3/t14-,15?/m0/s1. The van der Waals surface area contributed by atoms with Gasteiger partial charge in [0.15, 0.2) is 0 Å². The molecule has 0 bridgehead atoms. The van der Waals surface area contributed by atoms with Crippen LogP contribution >= 0.6 is 11.8 Å². The van der Waals surface area contributed by atoms with E-state index in [0.717, 1.165) is 16.4 Å². The second-order valence-electron chi connectivity index (χ2n) is 5.41. The fourth-order valence-electron chi connectivity index (χ4n) is 1.78. The molecule has 1 unspecified atom stereocenters. The number of nitrogens with zero attached hydrogens (tertiary/aromatic N) is 1. The molecule has 0 spiro atoms. The van der Waals surface area contributed by atoms with Crippen LogP contribution in [0, 0.1) is 0 Å². The highest BCUT2D eigenvalue weighted by molar-refractivity contribution is 7.99. The summed E-state index contributed by atoms with van der Waals surface area (Å²) in [5.74, 6) is 0.301. The molecule has 124 valence electrons. The lowest BCUT2D eigenvalue weighted by molar-refractivity contribution is -0.192. The number of benzene rings is 1. The van der Waals surface area contributed by atoms with Gasteiger partial charge < -0.3 is 10.8 Å². The summed E-state index contributed by atoms with van der Waals surface area (Å²) in [7, 11) is 1.49. The number of thioether (sulfide) groups is 1. The minimum absolute atomic E-state index is 0.272. The highest BCUT2D eigenvalue weighted by Gasteiger charge is 2.26. The van der Waals surface area contributed by atoms with Crippen molar-refractivity contribution in [2.24, 2.45) is 5.73 Å². The Kier molecular flexibility index (Phi) is 8.48. The van der Waals surface area contributed by atoms with Crippen LogP contribution < -0.4 is 5.73 Å². The van der Waals surface area contributed by atoms with E-state index in [0.29, 0.717) is 11.7 Å². The second-order valence-corrected chi connectivity index (χ2v) is 7.10. The summed E-state index contributed by atoms with van der Waals surface area (Å²) in [4.78, 5) is 17.4. The third kappa shape index (κ3) is 6.79. The molecular weight excluding hydrogens is 300 g/mol. The molecule has 0 saturated carbocycles. The monoisotopic (exact) mass is 326 g/mol. The molecule has 3 N–H and O–H groups in total. The number of rotatable bonds is 9. The summed E-state index contributed by atoms with van der Waals surface area (Å²) < 4.78 is 0. The smallest absolute Gasteiger partial charge is 0.276 e. The highest BCUT2D eigenvalue weighted by Crippen LogP contribution is 2.13. The van der Waals surface area contributed by atoms with E-state index in [-0.39, 0.29) is 6.61 Å². The molecular formula is C16H26N2O3S. The average Bonchev–Trinajstić information content (AvgIpc) is 2.51. The first-order valence-corrected chi connectivity index (χ1v) is 8.46. The van der Waals surface area contributed by atoms with E-state index in [9.17, 15) is 9.90 Å². The Labute approximate surface area is 136 Å². The number of hydrogen-bond donors (Lipinski definition) is 2. The molecule has 1 aromatic rings.